The second-order valence-electron chi connectivity index (χ2n) is 0.575. The molecule has 0 unspecified atom stereocenters. The first-order valence-corrected chi connectivity index (χ1v) is 1.07. The van der Waals surface area contributed by atoms with Crippen molar-refractivity contribution in [2.45, 2.75) is 0 Å². The Balaban J connectivity index is -0.000000125. The molecule has 0 aliphatic heterocycles. The van der Waals surface area contributed by atoms with Crippen molar-refractivity contribution in [2.24, 2.45) is 0 Å². The molecular weight excluding hydrogens is 283 g/mol. The first kappa shape index (κ1) is 15.7. The molecule has 0 amide bonds. The number of carbonyl (C=O) groups excluding carboxylic acids is 2. The van der Waals surface area contributed by atoms with E-state index in [1.165, 1.54) is 0 Å². The molecule has 0 atom stereocenters. The standard InChI is InChI=1S/C2H2O4.Hf.H2O/c3-1(4)2(5)6;;/h(H,3,4)(H,5,6);;1H2/q;+4;/p-2. The Hall–Kier alpha value is -0.230. The molecule has 5 nitrogen and oxygen atoms in total. The summed E-state index contributed by atoms with van der Waals surface area (Å²) in [7, 11) is 0. The van der Waals surface area contributed by atoms with Gasteiger partial charge in [-0.1, -0.05) is 0 Å². The fraction of sp³-hybridized carbons (Fsp3) is 0. The van der Waals surface area contributed by atoms with Crippen molar-refractivity contribution in [3.63, 3.8) is 0 Å². The first-order chi connectivity index (χ1) is 2.64. The van der Waals surface area contributed by atoms with Gasteiger partial charge in [0.2, 0.25) is 0 Å². The van der Waals surface area contributed by atoms with E-state index in [4.69, 9.17) is 19.8 Å². The Morgan fingerprint density at radius 2 is 1.12 bits per heavy atom. The Kier molecular flexibility index (Phi) is 13.2. The molecule has 0 aliphatic rings. The molecule has 0 aromatic carbocycles. The third kappa shape index (κ3) is 9.24. The Morgan fingerprint density at radius 3 is 1.12 bits per heavy atom. The molecule has 0 spiro atoms. The van der Waals surface area contributed by atoms with Crippen LogP contribution in [0.3, 0.4) is 0 Å². The van der Waals surface area contributed by atoms with Gasteiger partial charge in [0, 0.05) is 0 Å². The topological polar surface area (TPSA) is 112 Å². The minimum Gasteiger partial charge on any atom is -0.543 e. The van der Waals surface area contributed by atoms with Gasteiger partial charge in [-0.15, -0.1) is 0 Å². The maximum atomic E-state index is 8.93. The van der Waals surface area contributed by atoms with Crippen molar-refractivity contribution in [3.05, 3.63) is 0 Å². The Morgan fingerprint density at radius 1 is 1.00 bits per heavy atom. The molecule has 0 heterocycles. The molecule has 0 aromatic heterocycles. The summed E-state index contributed by atoms with van der Waals surface area (Å²) in [6.45, 7) is 0. The van der Waals surface area contributed by atoms with E-state index in [-0.39, 0.29) is 31.3 Å². The van der Waals surface area contributed by atoms with E-state index in [0.717, 1.165) is 0 Å². The van der Waals surface area contributed by atoms with Gasteiger partial charge >= 0.3 is 25.8 Å². The van der Waals surface area contributed by atoms with Crippen LogP contribution in [0.2, 0.25) is 0 Å². The summed E-state index contributed by atoms with van der Waals surface area (Å²) in [4.78, 5) is 17.9. The van der Waals surface area contributed by atoms with Gasteiger partial charge in [0.15, 0.2) is 0 Å². The second kappa shape index (κ2) is 6.77. The van der Waals surface area contributed by atoms with Gasteiger partial charge in [0.05, 0.1) is 11.9 Å². The number of carboxylic acid groups (broad SMARTS) is 2. The fourth-order valence-electron chi connectivity index (χ4n) is 0. The van der Waals surface area contributed by atoms with Crippen LogP contribution in [-0.4, -0.2) is 17.4 Å². The predicted octanol–water partition coefficient (Wildman–Crippen LogP) is -4.34. The monoisotopic (exact) mass is 286 g/mol. The van der Waals surface area contributed by atoms with Gasteiger partial charge in [-0.05, 0) is 0 Å². The summed E-state index contributed by atoms with van der Waals surface area (Å²) in [5, 5.41) is 17.9. The van der Waals surface area contributed by atoms with Crippen LogP contribution >= 0.6 is 0 Å². The summed E-state index contributed by atoms with van der Waals surface area (Å²) < 4.78 is 0. The van der Waals surface area contributed by atoms with E-state index in [1.807, 2.05) is 0 Å². The van der Waals surface area contributed by atoms with E-state index in [0.29, 0.717) is 0 Å². The van der Waals surface area contributed by atoms with Crippen LogP contribution in [0.4, 0.5) is 0 Å². The minimum absolute atomic E-state index is 0. The zero-order valence-electron chi connectivity index (χ0n) is 3.63. The van der Waals surface area contributed by atoms with Crippen LogP contribution in [0.1, 0.15) is 0 Å². The number of rotatable bonds is 0. The fourth-order valence-corrected chi connectivity index (χ4v) is 0. The third-order valence-corrected chi connectivity index (χ3v) is 0.167. The van der Waals surface area contributed by atoms with Crippen molar-refractivity contribution in [2.75, 3.05) is 0 Å². The molecule has 8 heavy (non-hydrogen) atoms. The summed E-state index contributed by atoms with van der Waals surface area (Å²) in [6, 6.07) is 0. The van der Waals surface area contributed by atoms with Crippen molar-refractivity contribution in [1.82, 2.24) is 0 Å². The van der Waals surface area contributed by atoms with Gasteiger partial charge in [0.25, 0.3) is 0 Å². The van der Waals surface area contributed by atoms with E-state index in [9.17, 15) is 0 Å². The predicted molar refractivity (Wildman–Crippen MR) is 13.6 cm³/mol. The van der Waals surface area contributed by atoms with E-state index in [2.05, 4.69) is 0 Å². The molecule has 0 aliphatic carbocycles. The smallest absolute Gasteiger partial charge is 0.543 e. The van der Waals surface area contributed by atoms with Crippen LogP contribution in [0.5, 0.6) is 0 Å². The van der Waals surface area contributed by atoms with Gasteiger partial charge < -0.3 is 25.3 Å². The van der Waals surface area contributed by atoms with Crippen molar-refractivity contribution >= 4 is 11.9 Å². The van der Waals surface area contributed by atoms with Gasteiger partial charge in [0.1, 0.15) is 0 Å². The second-order valence-corrected chi connectivity index (χ2v) is 0.575. The molecule has 2 N–H and O–H groups in total. The number of hydrogen-bond acceptors (Lipinski definition) is 4. The molecule has 42 valence electrons. The van der Waals surface area contributed by atoms with Crippen LogP contribution in [0.25, 0.3) is 0 Å². The van der Waals surface area contributed by atoms with Crippen molar-refractivity contribution in [3.8, 4) is 0 Å². The minimum atomic E-state index is -2.19. The molecule has 0 fully saturated rings. The Labute approximate surface area is 63.4 Å². The largest absolute Gasteiger partial charge is 4.00 e. The van der Waals surface area contributed by atoms with E-state index in [1.54, 1.807) is 0 Å². The quantitative estimate of drug-likeness (QED) is 0.330. The number of hydrogen-bond donors (Lipinski definition) is 0. The number of carbonyl (C=O) groups is 2. The Bertz CT molecular complexity index is 76.4. The number of aliphatic carboxylic acids is 2. The van der Waals surface area contributed by atoms with E-state index >= 15 is 0 Å². The van der Waals surface area contributed by atoms with Crippen LogP contribution < -0.4 is 10.2 Å². The molecule has 0 aromatic rings. The maximum Gasteiger partial charge on any atom is 4.00 e. The third-order valence-electron chi connectivity index (χ3n) is 0.167. The SMILES string of the molecule is O.O=C([O-])C(=O)[O-].[Hf+4]. The molecule has 0 saturated heterocycles. The zero-order valence-corrected chi connectivity index (χ0v) is 7.23. The van der Waals surface area contributed by atoms with Gasteiger partial charge in [-0.25, -0.2) is 0 Å². The molecule has 0 saturated carbocycles. The van der Waals surface area contributed by atoms with Crippen LogP contribution in [-0.2, 0) is 35.4 Å². The molecule has 0 bridgehead atoms. The van der Waals surface area contributed by atoms with Gasteiger partial charge in [-0.3, -0.25) is 0 Å². The zero-order chi connectivity index (χ0) is 5.15. The first-order valence-electron chi connectivity index (χ1n) is 1.07. The molecule has 0 rings (SSSR count). The molecule has 0 radical (unpaired) electrons. The normalized spacial score (nSPS) is 5.50. The summed E-state index contributed by atoms with van der Waals surface area (Å²) in [5.74, 6) is -4.37. The van der Waals surface area contributed by atoms with Crippen LogP contribution in [0, 0.1) is 0 Å². The average Bonchev–Trinajstić information content (AvgIpc) is 1.36. The molecular formula is C2H2HfO5+2. The van der Waals surface area contributed by atoms with Crippen molar-refractivity contribution < 1.29 is 51.1 Å². The van der Waals surface area contributed by atoms with Crippen molar-refractivity contribution in [1.29, 1.82) is 0 Å². The maximum absolute atomic E-state index is 8.93. The summed E-state index contributed by atoms with van der Waals surface area (Å²) in [5.41, 5.74) is 0. The summed E-state index contributed by atoms with van der Waals surface area (Å²) in [6.07, 6.45) is 0. The molecule has 6 heteroatoms. The summed E-state index contributed by atoms with van der Waals surface area (Å²) >= 11 is 0. The van der Waals surface area contributed by atoms with Crippen LogP contribution in [0.15, 0.2) is 0 Å². The number of carboxylic acids is 2. The average molecular weight is 285 g/mol. The van der Waals surface area contributed by atoms with E-state index < -0.39 is 11.9 Å². The van der Waals surface area contributed by atoms with Gasteiger partial charge in [-0.2, -0.15) is 0 Å².